The lowest BCUT2D eigenvalue weighted by molar-refractivity contribution is 0.624. The second-order valence-electron chi connectivity index (χ2n) is 5.01. The highest BCUT2D eigenvalue weighted by atomic mass is 79.9. The highest BCUT2D eigenvalue weighted by Gasteiger charge is 2.02. The lowest BCUT2D eigenvalue weighted by atomic mass is 10.2. The molecule has 0 fully saturated rings. The molecular formula is C16H20BrFN4S. The van der Waals surface area contributed by atoms with Gasteiger partial charge in [0, 0.05) is 29.4 Å². The Kier molecular flexibility index (Phi) is 6.98. The Hall–Kier alpha value is -1.47. The molecular weight excluding hydrogens is 379 g/mol. The Morgan fingerprint density at radius 3 is 2.83 bits per heavy atom. The molecule has 2 N–H and O–H groups in total. The number of nitrogens with zero attached hydrogens (tertiary/aromatic N) is 2. The zero-order chi connectivity index (χ0) is 16.7. The summed E-state index contributed by atoms with van der Waals surface area (Å²) in [6, 6.07) is 4.80. The number of aromatic nitrogens is 1. The van der Waals surface area contributed by atoms with Gasteiger partial charge >= 0.3 is 0 Å². The Morgan fingerprint density at radius 2 is 2.17 bits per heavy atom. The third-order valence-corrected chi connectivity index (χ3v) is 4.31. The fourth-order valence-electron chi connectivity index (χ4n) is 2.05. The summed E-state index contributed by atoms with van der Waals surface area (Å²) in [5.41, 5.74) is 1.91. The van der Waals surface area contributed by atoms with Gasteiger partial charge in [0.25, 0.3) is 0 Å². The molecule has 2 aromatic rings. The maximum Gasteiger partial charge on any atom is 0.191 e. The van der Waals surface area contributed by atoms with E-state index < -0.39 is 0 Å². The van der Waals surface area contributed by atoms with Gasteiger partial charge in [-0.2, -0.15) is 0 Å². The summed E-state index contributed by atoms with van der Waals surface area (Å²) in [6.07, 6.45) is 0.847. The Morgan fingerprint density at radius 1 is 1.35 bits per heavy atom. The number of rotatable bonds is 6. The Balaban J connectivity index is 1.91. The number of halogens is 2. The number of aryl methyl sites for hydroxylation is 1. The van der Waals surface area contributed by atoms with Crippen molar-refractivity contribution in [2.75, 3.05) is 13.1 Å². The molecule has 4 nitrogen and oxygen atoms in total. The molecule has 124 valence electrons. The molecule has 2 rings (SSSR count). The molecule has 1 heterocycles. The molecule has 23 heavy (non-hydrogen) atoms. The van der Waals surface area contributed by atoms with Gasteiger partial charge in [0.15, 0.2) is 5.96 Å². The maximum atomic E-state index is 13.4. The van der Waals surface area contributed by atoms with Crippen LogP contribution in [0.3, 0.4) is 0 Å². The monoisotopic (exact) mass is 398 g/mol. The maximum absolute atomic E-state index is 13.4. The van der Waals surface area contributed by atoms with Crippen LogP contribution in [0.4, 0.5) is 4.39 Å². The molecule has 0 saturated heterocycles. The van der Waals surface area contributed by atoms with Crippen molar-refractivity contribution in [3.8, 4) is 0 Å². The number of guanidine groups is 1. The van der Waals surface area contributed by atoms with E-state index in [-0.39, 0.29) is 5.82 Å². The first-order valence-electron chi connectivity index (χ1n) is 7.45. The van der Waals surface area contributed by atoms with E-state index >= 15 is 0 Å². The van der Waals surface area contributed by atoms with E-state index in [0.717, 1.165) is 46.2 Å². The number of hydrogen-bond acceptors (Lipinski definition) is 3. The van der Waals surface area contributed by atoms with Crippen molar-refractivity contribution in [2.24, 2.45) is 4.99 Å². The van der Waals surface area contributed by atoms with Crippen LogP contribution in [0.1, 0.15) is 23.2 Å². The molecule has 0 radical (unpaired) electrons. The highest BCUT2D eigenvalue weighted by molar-refractivity contribution is 9.10. The van der Waals surface area contributed by atoms with E-state index in [9.17, 15) is 4.39 Å². The number of aliphatic imine (C=N–C) groups is 1. The van der Waals surface area contributed by atoms with Gasteiger partial charge in [-0.1, -0.05) is 15.9 Å². The first kappa shape index (κ1) is 17.9. The van der Waals surface area contributed by atoms with Gasteiger partial charge in [-0.25, -0.2) is 14.4 Å². The lowest BCUT2D eigenvalue weighted by Crippen LogP contribution is -2.38. The van der Waals surface area contributed by atoms with Crippen molar-refractivity contribution in [1.29, 1.82) is 0 Å². The molecule has 0 aliphatic carbocycles. The van der Waals surface area contributed by atoms with E-state index in [2.05, 4.69) is 41.9 Å². The minimum Gasteiger partial charge on any atom is -0.357 e. The topological polar surface area (TPSA) is 49.3 Å². The largest absolute Gasteiger partial charge is 0.357 e. The van der Waals surface area contributed by atoms with Crippen molar-refractivity contribution >= 4 is 33.2 Å². The second-order valence-corrected chi connectivity index (χ2v) is 6.99. The van der Waals surface area contributed by atoms with Crippen molar-refractivity contribution < 1.29 is 4.39 Å². The summed E-state index contributed by atoms with van der Waals surface area (Å²) in [6.45, 7) is 5.96. The van der Waals surface area contributed by atoms with Gasteiger partial charge in [0.05, 0.1) is 17.2 Å². The van der Waals surface area contributed by atoms with Gasteiger partial charge in [-0.05, 0) is 37.6 Å². The molecule has 0 saturated carbocycles. The Labute approximate surface area is 148 Å². The fraction of sp³-hybridized carbons (Fsp3) is 0.375. The molecule has 0 spiro atoms. The van der Waals surface area contributed by atoms with Crippen LogP contribution in [0, 0.1) is 12.7 Å². The number of benzene rings is 1. The summed E-state index contributed by atoms with van der Waals surface area (Å²) in [7, 11) is 0. The summed E-state index contributed by atoms with van der Waals surface area (Å²) in [5.74, 6) is 0.460. The zero-order valence-electron chi connectivity index (χ0n) is 13.2. The first-order chi connectivity index (χ1) is 11.1. The fourth-order valence-corrected chi connectivity index (χ4v) is 3.21. The van der Waals surface area contributed by atoms with Gasteiger partial charge in [0.2, 0.25) is 0 Å². The van der Waals surface area contributed by atoms with Crippen LogP contribution in [0.2, 0.25) is 0 Å². The molecule has 0 amide bonds. The van der Waals surface area contributed by atoms with Crippen molar-refractivity contribution in [1.82, 2.24) is 15.6 Å². The quantitative estimate of drug-likeness (QED) is 0.576. The van der Waals surface area contributed by atoms with E-state index in [1.807, 2.05) is 19.9 Å². The minimum atomic E-state index is -0.263. The molecule has 0 bridgehead atoms. The van der Waals surface area contributed by atoms with Crippen LogP contribution >= 0.6 is 27.3 Å². The van der Waals surface area contributed by atoms with E-state index in [4.69, 9.17) is 0 Å². The molecule has 0 atom stereocenters. The number of nitrogens with one attached hydrogen (secondary N) is 2. The summed E-state index contributed by atoms with van der Waals surface area (Å²) in [5, 5.41) is 9.62. The van der Waals surface area contributed by atoms with Gasteiger partial charge in [0.1, 0.15) is 5.82 Å². The third-order valence-electron chi connectivity index (χ3n) is 3.03. The minimum absolute atomic E-state index is 0.263. The van der Waals surface area contributed by atoms with E-state index in [0.29, 0.717) is 6.54 Å². The van der Waals surface area contributed by atoms with Crippen LogP contribution in [-0.4, -0.2) is 24.0 Å². The molecule has 0 aliphatic heterocycles. The summed E-state index contributed by atoms with van der Waals surface area (Å²) in [4.78, 5) is 8.93. The molecule has 7 heteroatoms. The lowest BCUT2D eigenvalue weighted by Gasteiger charge is -2.11. The number of hydrogen-bond donors (Lipinski definition) is 2. The van der Waals surface area contributed by atoms with Crippen molar-refractivity contribution in [3.05, 3.63) is 50.1 Å². The number of thiazole rings is 1. The van der Waals surface area contributed by atoms with E-state index in [1.54, 1.807) is 11.3 Å². The standard InChI is InChI=1S/C16H20BrFN4S/c1-3-19-16(20-5-4-15-10-23-11(2)22-15)21-9-12-6-13(17)8-14(18)7-12/h6-8,10H,3-5,9H2,1-2H3,(H2,19,20,21). The van der Waals surface area contributed by atoms with Crippen LogP contribution in [0.15, 0.2) is 33.0 Å². The second kappa shape index (κ2) is 8.98. The van der Waals surface area contributed by atoms with Crippen LogP contribution in [0.5, 0.6) is 0 Å². The van der Waals surface area contributed by atoms with Crippen LogP contribution in [0.25, 0.3) is 0 Å². The van der Waals surface area contributed by atoms with Crippen molar-refractivity contribution in [2.45, 2.75) is 26.8 Å². The zero-order valence-corrected chi connectivity index (χ0v) is 15.6. The van der Waals surface area contributed by atoms with E-state index in [1.165, 1.54) is 12.1 Å². The Bertz CT molecular complexity index is 652. The predicted octanol–water partition coefficient (Wildman–Crippen LogP) is 3.65. The predicted molar refractivity (Wildman–Crippen MR) is 97.5 cm³/mol. The molecule has 0 aliphatic rings. The van der Waals surface area contributed by atoms with Crippen molar-refractivity contribution in [3.63, 3.8) is 0 Å². The molecule has 1 aromatic heterocycles. The van der Waals surface area contributed by atoms with Gasteiger partial charge in [-0.3, -0.25) is 0 Å². The summed E-state index contributed by atoms with van der Waals surface area (Å²) >= 11 is 4.95. The summed E-state index contributed by atoms with van der Waals surface area (Å²) < 4.78 is 14.1. The average Bonchev–Trinajstić information content (AvgIpc) is 2.89. The average molecular weight is 399 g/mol. The van der Waals surface area contributed by atoms with Gasteiger partial charge < -0.3 is 10.6 Å². The molecule has 0 unspecified atom stereocenters. The van der Waals surface area contributed by atoms with Crippen LogP contribution < -0.4 is 10.6 Å². The molecule has 1 aromatic carbocycles. The van der Waals surface area contributed by atoms with Crippen LogP contribution in [-0.2, 0) is 13.0 Å². The first-order valence-corrected chi connectivity index (χ1v) is 9.12. The SMILES string of the molecule is CCNC(=NCc1cc(F)cc(Br)c1)NCCc1csc(C)n1. The highest BCUT2D eigenvalue weighted by Crippen LogP contribution is 2.15. The third kappa shape index (κ3) is 6.27. The normalized spacial score (nSPS) is 11.6. The smallest absolute Gasteiger partial charge is 0.191 e. The van der Waals surface area contributed by atoms with Gasteiger partial charge in [-0.15, -0.1) is 11.3 Å².